The van der Waals surface area contributed by atoms with Gasteiger partial charge < -0.3 is 19.1 Å². The Balaban J connectivity index is 2.69. The Labute approximate surface area is 123 Å². The number of methoxy groups -OCH3 is 3. The minimum absolute atomic E-state index is 0.229. The molecule has 0 atom stereocenters. The van der Waals surface area contributed by atoms with Crippen LogP contribution in [0.3, 0.4) is 0 Å². The monoisotopic (exact) mass is 293 g/mol. The second kappa shape index (κ2) is 5.63. The molecule has 6 nitrogen and oxygen atoms in total. The van der Waals surface area contributed by atoms with E-state index in [0.29, 0.717) is 23.7 Å². The van der Waals surface area contributed by atoms with E-state index in [2.05, 4.69) is 0 Å². The predicted octanol–water partition coefficient (Wildman–Crippen LogP) is 1.90. The molecular formula is C15H19NO5. The van der Waals surface area contributed by atoms with Gasteiger partial charge in [0.05, 0.1) is 32.6 Å². The molecule has 1 aliphatic heterocycles. The van der Waals surface area contributed by atoms with Crippen molar-refractivity contribution >= 4 is 17.4 Å². The van der Waals surface area contributed by atoms with Gasteiger partial charge in [0.15, 0.2) is 11.5 Å². The van der Waals surface area contributed by atoms with Crippen molar-refractivity contribution < 1.29 is 23.8 Å². The SMILES string of the molecule is COc1cc2c(c(OC)c1OC)C(=O)C(=O)N2CC(C)C. The van der Waals surface area contributed by atoms with Crippen LogP contribution in [-0.4, -0.2) is 39.6 Å². The maximum Gasteiger partial charge on any atom is 0.299 e. The van der Waals surface area contributed by atoms with Crippen LogP contribution in [0.1, 0.15) is 24.2 Å². The first kappa shape index (κ1) is 15.2. The molecule has 0 aliphatic carbocycles. The topological polar surface area (TPSA) is 65.1 Å². The minimum atomic E-state index is -0.580. The second-order valence-corrected chi connectivity index (χ2v) is 5.18. The molecule has 1 amide bonds. The van der Waals surface area contributed by atoms with E-state index in [9.17, 15) is 9.59 Å². The van der Waals surface area contributed by atoms with Gasteiger partial charge in [-0.3, -0.25) is 9.59 Å². The summed E-state index contributed by atoms with van der Waals surface area (Å²) in [6, 6.07) is 1.64. The number of ketones is 1. The Kier molecular flexibility index (Phi) is 4.06. The first-order valence-electron chi connectivity index (χ1n) is 6.65. The molecular weight excluding hydrogens is 274 g/mol. The molecule has 6 heteroatoms. The van der Waals surface area contributed by atoms with Crippen molar-refractivity contribution in [2.24, 2.45) is 5.92 Å². The van der Waals surface area contributed by atoms with Crippen LogP contribution in [0.15, 0.2) is 6.07 Å². The van der Waals surface area contributed by atoms with Gasteiger partial charge in [0, 0.05) is 12.6 Å². The fourth-order valence-corrected chi connectivity index (χ4v) is 2.46. The molecule has 0 N–H and O–H groups in total. The van der Waals surface area contributed by atoms with Crippen LogP contribution in [0.5, 0.6) is 17.2 Å². The number of amides is 1. The van der Waals surface area contributed by atoms with Crippen LogP contribution in [0, 0.1) is 5.92 Å². The molecule has 0 spiro atoms. The smallest absolute Gasteiger partial charge is 0.299 e. The minimum Gasteiger partial charge on any atom is -0.493 e. The van der Waals surface area contributed by atoms with Crippen molar-refractivity contribution in [1.29, 1.82) is 0 Å². The van der Waals surface area contributed by atoms with Crippen LogP contribution in [-0.2, 0) is 4.79 Å². The lowest BCUT2D eigenvalue weighted by atomic mass is 10.1. The highest BCUT2D eigenvalue weighted by atomic mass is 16.5. The summed E-state index contributed by atoms with van der Waals surface area (Å²) in [6.07, 6.45) is 0. The Morgan fingerprint density at radius 1 is 1.05 bits per heavy atom. The van der Waals surface area contributed by atoms with E-state index in [4.69, 9.17) is 14.2 Å². The number of Topliss-reactive ketones (excluding diaryl/α,β-unsaturated/α-hetero) is 1. The van der Waals surface area contributed by atoms with Gasteiger partial charge in [0.1, 0.15) is 0 Å². The highest BCUT2D eigenvalue weighted by molar-refractivity contribution is 6.53. The average Bonchev–Trinajstić information content (AvgIpc) is 2.69. The summed E-state index contributed by atoms with van der Waals surface area (Å²) in [7, 11) is 4.38. The lowest BCUT2D eigenvalue weighted by Gasteiger charge is -2.21. The van der Waals surface area contributed by atoms with Gasteiger partial charge in [-0.2, -0.15) is 0 Å². The third kappa shape index (κ3) is 2.30. The van der Waals surface area contributed by atoms with Gasteiger partial charge in [-0.05, 0) is 5.92 Å². The molecule has 0 aromatic heterocycles. The van der Waals surface area contributed by atoms with E-state index in [1.807, 2.05) is 13.8 Å². The van der Waals surface area contributed by atoms with Crippen LogP contribution in [0.2, 0.25) is 0 Å². The van der Waals surface area contributed by atoms with Gasteiger partial charge in [-0.15, -0.1) is 0 Å². The molecule has 0 radical (unpaired) electrons. The van der Waals surface area contributed by atoms with Gasteiger partial charge in [-0.1, -0.05) is 13.8 Å². The van der Waals surface area contributed by atoms with Crippen LogP contribution >= 0.6 is 0 Å². The molecule has 0 fully saturated rings. The number of fused-ring (bicyclic) bond motifs is 1. The zero-order chi connectivity index (χ0) is 15.7. The van der Waals surface area contributed by atoms with Crippen molar-refractivity contribution in [2.75, 3.05) is 32.8 Å². The molecule has 0 saturated heterocycles. The summed E-state index contributed by atoms with van der Waals surface area (Å²) < 4.78 is 15.8. The lowest BCUT2D eigenvalue weighted by molar-refractivity contribution is -0.114. The Morgan fingerprint density at radius 3 is 2.14 bits per heavy atom. The third-order valence-corrected chi connectivity index (χ3v) is 3.31. The fraction of sp³-hybridized carbons (Fsp3) is 0.467. The second-order valence-electron chi connectivity index (χ2n) is 5.18. The summed E-state index contributed by atoms with van der Waals surface area (Å²) in [5.74, 6) is 0.0645. The van der Waals surface area contributed by atoms with E-state index in [1.165, 1.54) is 26.2 Å². The summed E-state index contributed by atoms with van der Waals surface area (Å²) in [5, 5.41) is 0. The number of carbonyl (C=O) groups excluding carboxylic acids is 2. The molecule has 1 aromatic carbocycles. The number of hydrogen-bond acceptors (Lipinski definition) is 5. The fourth-order valence-electron chi connectivity index (χ4n) is 2.46. The van der Waals surface area contributed by atoms with Crippen molar-refractivity contribution in [2.45, 2.75) is 13.8 Å². The van der Waals surface area contributed by atoms with Gasteiger partial charge in [-0.25, -0.2) is 0 Å². The van der Waals surface area contributed by atoms with Gasteiger partial charge in [0.2, 0.25) is 5.75 Å². The van der Waals surface area contributed by atoms with Gasteiger partial charge >= 0.3 is 0 Å². The molecule has 2 rings (SSSR count). The zero-order valence-corrected chi connectivity index (χ0v) is 12.9. The average molecular weight is 293 g/mol. The largest absolute Gasteiger partial charge is 0.493 e. The standard InChI is InChI=1S/C15H19NO5/c1-8(2)7-16-9-6-10(19-3)13(20-4)14(21-5)11(9)12(17)15(16)18/h6,8H,7H2,1-5H3. The zero-order valence-electron chi connectivity index (χ0n) is 12.9. The maximum atomic E-state index is 12.3. The summed E-state index contributed by atoms with van der Waals surface area (Å²) >= 11 is 0. The van der Waals surface area contributed by atoms with Crippen molar-refractivity contribution in [1.82, 2.24) is 0 Å². The molecule has 21 heavy (non-hydrogen) atoms. The highest BCUT2D eigenvalue weighted by Crippen LogP contribution is 2.48. The van der Waals surface area contributed by atoms with E-state index in [0.717, 1.165) is 0 Å². The highest BCUT2D eigenvalue weighted by Gasteiger charge is 2.41. The number of benzene rings is 1. The summed E-state index contributed by atoms with van der Waals surface area (Å²) in [6.45, 7) is 4.41. The van der Waals surface area contributed by atoms with Crippen LogP contribution < -0.4 is 19.1 Å². The molecule has 1 heterocycles. The molecule has 114 valence electrons. The number of rotatable bonds is 5. The normalized spacial score (nSPS) is 13.7. The Hall–Kier alpha value is -2.24. The number of hydrogen-bond donors (Lipinski definition) is 0. The van der Waals surface area contributed by atoms with E-state index in [-0.39, 0.29) is 17.2 Å². The first-order chi connectivity index (χ1) is 9.96. The third-order valence-electron chi connectivity index (χ3n) is 3.31. The van der Waals surface area contributed by atoms with Crippen LogP contribution in [0.4, 0.5) is 5.69 Å². The van der Waals surface area contributed by atoms with E-state index >= 15 is 0 Å². The van der Waals surface area contributed by atoms with Crippen molar-refractivity contribution in [3.05, 3.63) is 11.6 Å². The number of nitrogens with zero attached hydrogens (tertiary/aromatic N) is 1. The number of ether oxygens (including phenoxy) is 3. The quantitative estimate of drug-likeness (QED) is 0.776. The summed E-state index contributed by atoms with van der Waals surface area (Å²) in [5.41, 5.74) is 0.744. The molecule has 0 bridgehead atoms. The summed E-state index contributed by atoms with van der Waals surface area (Å²) in [4.78, 5) is 25.9. The Bertz CT molecular complexity index is 594. The van der Waals surface area contributed by atoms with E-state index < -0.39 is 11.7 Å². The number of anilines is 1. The molecule has 1 aliphatic rings. The molecule has 0 unspecified atom stereocenters. The number of carbonyl (C=O) groups is 2. The predicted molar refractivity (Wildman–Crippen MR) is 77.6 cm³/mol. The lowest BCUT2D eigenvalue weighted by Crippen LogP contribution is -2.32. The molecule has 1 aromatic rings. The van der Waals surface area contributed by atoms with Crippen LogP contribution in [0.25, 0.3) is 0 Å². The maximum absolute atomic E-state index is 12.3. The molecule has 0 saturated carbocycles. The van der Waals surface area contributed by atoms with Crippen molar-refractivity contribution in [3.63, 3.8) is 0 Å². The van der Waals surface area contributed by atoms with Crippen molar-refractivity contribution in [3.8, 4) is 17.2 Å². The first-order valence-corrected chi connectivity index (χ1v) is 6.65. The van der Waals surface area contributed by atoms with Gasteiger partial charge in [0.25, 0.3) is 11.7 Å². The van der Waals surface area contributed by atoms with E-state index in [1.54, 1.807) is 6.07 Å². The Morgan fingerprint density at radius 2 is 1.67 bits per heavy atom.